The fraction of sp³-hybridized carbons (Fsp3) is 0.0556. The van der Waals surface area contributed by atoms with Crippen molar-refractivity contribution in [3.8, 4) is 5.75 Å². The third-order valence-electron chi connectivity index (χ3n) is 3.74. The van der Waals surface area contributed by atoms with Crippen LogP contribution in [0.3, 0.4) is 0 Å². The summed E-state index contributed by atoms with van der Waals surface area (Å²) < 4.78 is 11.9. The summed E-state index contributed by atoms with van der Waals surface area (Å²) in [4.78, 5) is 12.9. The molecule has 24 heavy (non-hydrogen) atoms. The number of para-hydroxylation sites is 1. The van der Waals surface area contributed by atoms with Gasteiger partial charge in [-0.05, 0) is 24.3 Å². The fourth-order valence-corrected chi connectivity index (χ4v) is 3.58. The summed E-state index contributed by atoms with van der Waals surface area (Å²) in [6.07, 6.45) is 0. The lowest BCUT2D eigenvalue weighted by atomic mass is 10.1. The lowest BCUT2D eigenvalue weighted by Gasteiger charge is -2.09. The molecule has 1 N–H and O–H groups in total. The van der Waals surface area contributed by atoms with Gasteiger partial charge in [-0.3, -0.25) is 4.79 Å². The monoisotopic (exact) mass is 357 g/mol. The largest absolute Gasteiger partial charge is 0.495 e. The lowest BCUT2D eigenvalue weighted by Crippen LogP contribution is -2.10. The molecule has 0 atom stereocenters. The highest BCUT2D eigenvalue weighted by atomic mass is 35.5. The van der Waals surface area contributed by atoms with Crippen LogP contribution in [0.5, 0.6) is 5.75 Å². The summed E-state index contributed by atoms with van der Waals surface area (Å²) in [5, 5.41) is 4.81. The zero-order valence-electron chi connectivity index (χ0n) is 12.6. The Balaban J connectivity index is 1.79. The molecule has 1 amide bonds. The van der Waals surface area contributed by atoms with Crippen LogP contribution < -0.4 is 10.1 Å². The average molecular weight is 358 g/mol. The molecule has 0 aliphatic rings. The number of nitrogens with one attached hydrogen (secondary N) is 1. The van der Waals surface area contributed by atoms with Gasteiger partial charge in [0.25, 0.3) is 5.91 Å². The minimum Gasteiger partial charge on any atom is -0.495 e. The van der Waals surface area contributed by atoms with Crippen molar-refractivity contribution in [2.24, 2.45) is 0 Å². The molecule has 2 heterocycles. The third-order valence-corrected chi connectivity index (χ3v) is 4.97. The number of benzene rings is 2. The number of carbonyl (C=O) groups excluding carboxylic acids is 1. The Hall–Kier alpha value is -2.50. The van der Waals surface area contributed by atoms with E-state index < -0.39 is 0 Å². The van der Waals surface area contributed by atoms with Crippen LogP contribution in [0, 0.1) is 0 Å². The smallest absolute Gasteiger partial charge is 0.265 e. The Bertz CT molecular complexity index is 1070. The lowest BCUT2D eigenvalue weighted by molar-refractivity contribution is 0.103. The van der Waals surface area contributed by atoms with Crippen molar-refractivity contribution in [2.75, 3.05) is 12.4 Å². The number of hydrogen-bond donors (Lipinski definition) is 1. The predicted molar refractivity (Wildman–Crippen MR) is 97.6 cm³/mol. The van der Waals surface area contributed by atoms with E-state index in [4.69, 9.17) is 20.8 Å². The molecule has 0 spiro atoms. The summed E-state index contributed by atoms with van der Waals surface area (Å²) >= 11 is 7.11. The van der Waals surface area contributed by atoms with Crippen molar-refractivity contribution in [3.63, 3.8) is 0 Å². The normalized spacial score (nSPS) is 11.1. The number of fused-ring (bicyclic) bond motifs is 3. The molecule has 0 radical (unpaired) electrons. The standard InChI is InChI=1S/C18H12ClNO3S/c1-22-15-8-11-10-4-2-3-5-13(10)23-14(11)9-12(15)20-18(21)16-6-7-17(19)24-16/h2-9H,1H3,(H,20,21). The Kier molecular flexibility index (Phi) is 3.67. The summed E-state index contributed by atoms with van der Waals surface area (Å²) in [5.41, 5.74) is 2.04. The van der Waals surface area contributed by atoms with Crippen LogP contribution in [0.25, 0.3) is 21.9 Å². The first-order chi connectivity index (χ1) is 11.7. The molecule has 0 aliphatic carbocycles. The number of hydrogen-bond acceptors (Lipinski definition) is 4. The van der Waals surface area contributed by atoms with E-state index in [0.29, 0.717) is 26.2 Å². The first-order valence-electron chi connectivity index (χ1n) is 7.21. The second kappa shape index (κ2) is 5.85. The predicted octanol–water partition coefficient (Wildman–Crippen LogP) is 5.56. The van der Waals surface area contributed by atoms with Crippen LogP contribution >= 0.6 is 22.9 Å². The second-order valence-corrected chi connectivity index (χ2v) is 6.92. The molecule has 120 valence electrons. The van der Waals surface area contributed by atoms with Gasteiger partial charge in [0.2, 0.25) is 0 Å². The molecule has 2 aromatic carbocycles. The maximum absolute atomic E-state index is 12.4. The first kappa shape index (κ1) is 15.1. The van der Waals surface area contributed by atoms with Gasteiger partial charge in [-0.15, -0.1) is 11.3 Å². The van der Waals surface area contributed by atoms with Gasteiger partial charge in [0.05, 0.1) is 22.0 Å². The molecular formula is C18H12ClNO3S. The maximum Gasteiger partial charge on any atom is 0.265 e. The van der Waals surface area contributed by atoms with Gasteiger partial charge in [0.15, 0.2) is 0 Å². The number of halogens is 1. The van der Waals surface area contributed by atoms with E-state index in [0.717, 1.165) is 16.4 Å². The van der Waals surface area contributed by atoms with E-state index in [2.05, 4.69) is 5.32 Å². The van der Waals surface area contributed by atoms with E-state index in [1.54, 1.807) is 25.3 Å². The Morgan fingerprint density at radius 1 is 1.12 bits per heavy atom. The van der Waals surface area contributed by atoms with Crippen molar-refractivity contribution in [3.05, 3.63) is 57.7 Å². The summed E-state index contributed by atoms with van der Waals surface area (Å²) in [7, 11) is 1.57. The minimum atomic E-state index is -0.235. The number of rotatable bonds is 3. The van der Waals surface area contributed by atoms with Gasteiger partial charge in [-0.25, -0.2) is 0 Å². The van der Waals surface area contributed by atoms with Gasteiger partial charge in [-0.2, -0.15) is 0 Å². The van der Waals surface area contributed by atoms with Crippen molar-refractivity contribution in [1.82, 2.24) is 0 Å². The van der Waals surface area contributed by atoms with Crippen molar-refractivity contribution < 1.29 is 13.9 Å². The Morgan fingerprint density at radius 3 is 2.71 bits per heavy atom. The van der Waals surface area contributed by atoms with Crippen LogP contribution in [-0.2, 0) is 0 Å². The Morgan fingerprint density at radius 2 is 1.96 bits per heavy atom. The number of amides is 1. The third kappa shape index (κ3) is 2.52. The molecule has 0 saturated heterocycles. The van der Waals surface area contributed by atoms with Crippen LogP contribution in [0.2, 0.25) is 4.34 Å². The van der Waals surface area contributed by atoms with E-state index >= 15 is 0 Å². The summed E-state index contributed by atoms with van der Waals surface area (Å²) in [6.45, 7) is 0. The van der Waals surface area contributed by atoms with Gasteiger partial charge in [0.1, 0.15) is 16.9 Å². The SMILES string of the molecule is COc1cc2c(cc1NC(=O)c1ccc(Cl)s1)oc1ccccc12. The molecular weight excluding hydrogens is 346 g/mol. The van der Waals surface area contributed by atoms with Crippen LogP contribution in [0.15, 0.2) is 52.9 Å². The van der Waals surface area contributed by atoms with E-state index in [1.165, 1.54) is 11.3 Å². The fourth-order valence-electron chi connectivity index (χ4n) is 2.64. The zero-order chi connectivity index (χ0) is 16.7. The molecule has 6 heteroatoms. The molecule has 2 aromatic heterocycles. The molecule has 4 aromatic rings. The highest BCUT2D eigenvalue weighted by molar-refractivity contribution is 7.18. The van der Waals surface area contributed by atoms with Crippen LogP contribution in [-0.4, -0.2) is 13.0 Å². The number of anilines is 1. The summed E-state index contributed by atoms with van der Waals surface area (Å²) in [6, 6.07) is 14.8. The van der Waals surface area contributed by atoms with Crippen LogP contribution in [0.1, 0.15) is 9.67 Å². The zero-order valence-corrected chi connectivity index (χ0v) is 14.2. The van der Waals surface area contributed by atoms with Crippen molar-refractivity contribution >= 4 is 56.5 Å². The van der Waals surface area contributed by atoms with E-state index in [9.17, 15) is 4.79 Å². The molecule has 0 unspecified atom stereocenters. The number of methoxy groups -OCH3 is 1. The Labute approximate surface area is 146 Å². The quantitative estimate of drug-likeness (QED) is 0.522. The minimum absolute atomic E-state index is 0.235. The first-order valence-corrected chi connectivity index (χ1v) is 8.41. The molecule has 4 rings (SSSR count). The van der Waals surface area contributed by atoms with Crippen LogP contribution in [0.4, 0.5) is 5.69 Å². The highest BCUT2D eigenvalue weighted by Gasteiger charge is 2.15. The number of carbonyl (C=O) groups is 1. The summed E-state index contributed by atoms with van der Waals surface area (Å²) in [5.74, 6) is 0.339. The topological polar surface area (TPSA) is 51.5 Å². The number of furan rings is 1. The molecule has 0 bridgehead atoms. The molecule has 0 aliphatic heterocycles. The van der Waals surface area contributed by atoms with Crippen molar-refractivity contribution in [1.29, 1.82) is 0 Å². The maximum atomic E-state index is 12.4. The highest BCUT2D eigenvalue weighted by Crippen LogP contribution is 2.36. The van der Waals surface area contributed by atoms with E-state index in [-0.39, 0.29) is 5.91 Å². The average Bonchev–Trinajstić information content (AvgIpc) is 3.17. The molecule has 4 nitrogen and oxygen atoms in total. The van der Waals surface area contributed by atoms with Crippen molar-refractivity contribution in [2.45, 2.75) is 0 Å². The van der Waals surface area contributed by atoms with Gasteiger partial charge >= 0.3 is 0 Å². The van der Waals surface area contributed by atoms with Gasteiger partial charge in [-0.1, -0.05) is 29.8 Å². The molecule has 0 saturated carbocycles. The van der Waals surface area contributed by atoms with Gasteiger partial charge in [0, 0.05) is 16.8 Å². The van der Waals surface area contributed by atoms with Gasteiger partial charge < -0.3 is 14.5 Å². The number of thiophene rings is 1. The number of ether oxygens (including phenoxy) is 1. The molecule has 0 fully saturated rings. The van der Waals surface area contributed by atoms with E-state index in [1.807, 2.05) is 30.3 Å². The second-order valence-electron chi connectivity index (χ2n) is 5.20.